The molecule has 5 nitrogen and oxygen atoms in total. The second kappa shape index (κ2) is 7.72. The summed E-state index contributed by atoms with van der Waals surface area (Å²) in [4.78, 5) is 26.3. The first kappa shape index (κ1) is 18.0. The highest BCUT2D eigenvalue weighted by molar-refractivity contribution is 5.87. The maximum atomic E-state index is 12.8. The van der Waals surface area contributed by atoms with Gasteiger partial charge in [0, 0.05) is 6.04 Å². The van der Waals surface area contributed by atoms with Crippen LogP contribution in [0.15, 0.2) is 72.8 Å². The molecule has 1 N–H and O–H groups in total. The van der Waals surface area contributed by atoms with Gasteiger partial charge in [0.1, 0.15) is 6.61 Å². The number of carbonyl (C=O) groups excluding carboxylic acids is 1. The summed E-state index contributed by atoms with van der Waals surface area (Å²) in [5.41, 5.74) is 1.44. The maximum Gasteiger partial charge on any atom is 0.411 e. The fourth-order valence-electron chi connectivity index (χ4n) is 3.41. The molecule has 0 radical (unpaired) electrons. The lowest BCUT2D eigenvalue weighted by molar-refractivity contribution is -0.143. The first-order chi connectivity index (χ1) is 13.6. The summed E-state index contributed by atoms with van der Waals surface area (Å²) in [7, 11) is 0. The second-order valence-corrected chi connectivity index (χ2v) is 7.03. The molecule has 1 amide bonds. The van der Waals surface area contributed by atoms with Gasteiger partial charge in [-0.2, -0.15) is 0 Å². The zero-order chi connectivity index (χ0) is 19.5. The van der Waals surface area contributed by atoms with Gasteiger partial charge in [-0.3, -0.25) is 4.90 Å². The third-order valence-electron chi connectivity index (χ3n) is 4.96. The standard InChI is InChI=1S/C23H21NO4/c25-22(26)21(19-11-10-17-8-4-5-9-18(17)14-19)24(20-12-13-20)23(27)28-15-16-6-2-1-3-7-16/h1-11,14,20-21H,12-13,15H2,(H,25,26). The quantitative estimate of drug-likeness (QED) is 0.674. The van der Waals surface area contributed by atoms with E-state index >= 15 is 0 Å². The topological polar surface area (TPSA) is 66.8 Å². The van der Waals surface area contributed by atoms with Crippen LogP contribution >= 0.6 is 0 Å². The average Bonchev–Trinajstić information content (AvgIpc) is 3.55. The fraction of sp³-hybridized carbons (Fsp3) is 0.217. The third kappa shape index (κ3) is 3.83. The van der Waals surface area contributed by atoms with Crippen molar-refractivity contribution in [2.45, 2.75) is 31.5 Å². The summed E-state index contributed by atoms with van der Waals surface area (Å²) in [5.74, 6) is -1.06. The molecule has 1 unspecified atom stereocenters. The van der Waals surface area contributed by atoms with E-state index in [0.29, 0.717) is 5.56 Å². The van der Waals surface area contributed by atoms with E-state index in [4.69, 9.17) is 4.74 Å². The minimum Gasteiger partial charge on any atom is -0.479 e. The first-order valence-electron chi connectivity index (χ1n) is 9.34. The Hall–Kier alpha value is -3.34. The predicted molar refractivity (Wildman–Crippen MR) is 106 cm³/mol. The van der Waals surface area contributed by atoms with Crippen LogP contribution in [0.3, 0.4) is 0 Å². The van der Waals surface area contributed by atoms with Gasteiger partial charge in [-0.15, -0.1) is 0 Å². The van der Waals surface area contributed by atoms with Crippen molar-refractivity contribution in [1.29, 1.82) is 0 Å². The number of carbonyl (C=O) groups is 2. The Balaban J connectivity index is 1.61. The summed E-state index contributed by atoms with van der Waals surface area (Å²) in [6, 6.07) is 21.5. The van der Waals surface area contributed by atoms with Crippen LogP contribution in [-0.4, -0.2) is 28.1 Å². The number of nitrogens with zero attached hydrogens (tertiary/aromatic N) is 1. The number of amides is 1. The van der Waals surface area contributed by atoms with Crippen LogP contribution in [0, 0.1) is 0 Å². The van der Waals surface area contributed by atoms with E-state index in [1.165, 1.54) is 4.90 Å². The number of fused-ring (bicyclic) bond motifs is 1. The molecule has 28 heavy (non-hydrogen) atoms. The number of carboxylic acids is 1. The van der Waals surface area contributed by atoms with Gasteiger partial charge in [0.15, 0.2) is 6.04 Å². The molecule has 0 heterocycles. The molecule has 1 aliphatic rings. The van der Waals surface area contributed by atoms with Crippen LogP contribution in [0.25, 0.3) is 10.8 Å². The molecule has 0 spiro atoms. The molecule has 0 bridgehead atoms. The molecule has 0 saturated heterocycles. The van der Waals surface area contributed by atoms with Crippen molar-refractivity contribution in [2.24, 2.45) is 0 Å². The number of rotatable bonds is 6. The summed E-state index contributed by atoms with van der Waals surface area (Å²) < 4.78 is 5.46. The van der Waals surface area contributed by atoms with Gasteiger partial charge in [0.05, 0.1) is 0 Å². The zero-order valence-electron chi connectivity index (χ0n) is 15.3. The lowest BCUT2D eigenvalue weighted by atomic mass is 10.0. The Morgan fingerprint density at radius 2 is 1.64 bits per heavy atom. The van der Waals surface area contributed by atoms with E-state index in [-0.39, 0.29) is 12.6 Å². The second-order valence-electron chi connectivity index (χ2n) is 7.03. The van der Waals surface area contributed by atoms with Crippen molar-refractivity contribution < 1.29 is 19.4 Å². The Kier molecular flexibility index (Phi) is 4.98. The van der Waals surface area contributed by atoms with Gasteiger partial charge in [0.25, 0.3) is 0 Å². The zero-order valence-corrected chi connectivity index (χ0v) is 15.3. The van der Waals surface area contributed by atoms with Crippen LogP contribution in [-0.2, 0) is 16.1 Å². The molecule has 5 heteroatoms. The van der Waals surface area contributed by atoms with Crippen LogP contribution in [0.1, 0.15) is 30.0 Å². The van der Waals surface area contributed by atoms with Gasteiger partial charge in [-0.25, -0.2) is 9.59 Å². The molecule has 1 aliphatic carbocycles. The lowest BCUT2D eigenvalue weighted by Gasteiger charge is -2.28. The highest BCUT2D eigenvalue weighted by Crippen LogP contribution is 2.36. The van der Waals surface area contributed by atoms with Crippen molar-refractivity contribution in [1.82, 2.24) is 4.90 Å². The summed E-state index contributed by atoms with van der Waals surface area (Å²) in [5, 5.41) is 11.9. The molecular weight excluding hydrogens is 354 g/mol. The SMILES string of the molecule is O=C(O)C(c1ccc2ccccc2c1)N(C(=O)OCc1ccccc1)C1CC1. The lowest BCUT2D eigenvalue weighted by Crippen LogP contribution is -2.41. The molecule has 1 atom stereocenters. The smallest absolute Gasteiger partial charge is 0.411 e. The van der Waals surface area contributed by atoms with Crippen molar-refractivity contribution in [2.75, 3.05) is 0 Å². The molecule has 1 fully saturated rings. The normalized spacial score (nSPS) is 14.4. The van der Waals surface area contributed by atoms with Crippen molar-refractivity contribution in [3.63, 3.8) is 0 Å². The first-order valence-corrected chi connectivity index (χ1v) is 9.34. The van der Waals surface area contributed by atoms with Crippen molar-refractivity contribution in [3.05, 3.63) is 83.9 Å². The highest BCUT2D eigenvalue weighted by atomic mass is 16.6. The number of carboxylic acid groups (broad SMARTS) is 1. The summed E-state index contributed by atoms with van der Waals surface area (Å²) >= 11 is 0. The number of benzene rings is 3. The monoisotopic (exact) mass is 375 g/mol. The molecule has 1 saturated carbocycles. The third-order valence-corrected chi connectivity index (χ3v) is 4.96. The highest BCUT2D eigenvalue weighted by Gasteiger charge is 2.42. The molecule has 4 rings (SSSR count). The van der Waals surface area contributed by atoms with Crippen LogP contribution in [0.5, 0.6) is 0 Å². The van der Waals surface area contributed by atoms with E-state index in [2.05, 4.69) is 0 Å². The van der Waals surface area contributed by atoms with E-state index in [0.717, 1.165) is 29.2 Å². The molecule has 3 aromatic rings. The average molecular weight is 375 g/mol. The minimum absolute atomic E-state index is 0.101. The van der Waals surface area contributed by atoms with Gasteiger partial charge in [0.2, 0.25) is 0 Å². The fourth-order valence-corrected chi connectivity index (χ4v) is 3.41. The van der Waals surface area contributed by atoms with Gasteiger partial charge in [-0.05, 0) is 40.8 Å². The largest absolute Gasteiger partial charge is 0.479 e. The summed E-state index contributed by atoms with van der Waals surface area (Å²) in [6.07, 6.45) is 0.988. The van der Waals surface area contributed by atoms with Crippen LogP contribution in [0.2, 0.25) is 0 Å². The van der Waals surface area contributed by atoms with Crippen molar-refractivity contribution in [3.8, 4) is 0 Å². The Bertz CT molecular complexity index is 998. The van der Waals surface area contributed by atoms with Crippen LogP contribution < -0.4 is 0 Å². The number of aliphatic carboxylic acids is 1. The van der Waals surface area contributed by atoms with E-state index < -0.39 is 18.1 Å². The van der Waals surface area contributed by atoms with Crippen molar-refractivity contribution >= 4 is 22.8 Å². The molecule has 0 aliphatic heterocycles. The molecule has 0 aromatic heterocycles. The molecule has 142 valence electrons. The Morgan fingerprint density at radius 1 is 0.964 bits per heavy atom. The Labute approximate surface area is 163 Å². The van der Waals surface area contributed by atoms with E-state index in [9.17, 15) is 14.7 Å². The van der Waals surface area contributed by atoms with Gasteiger partial charge >= 0.3 is 12.1 Å². The minimum atomic E-state index is -1.07. The predicted octanol–water partition coefficient (Wildman–Crippen LogP) is 4.77. The maximum absolute atomic E-state index is 12.8. The Morgan fingerprint density at radius 3 is 2.32 bits per heavy atom. The van der Waals surface area contributed by atoms with Crippen LogP contribution in [0.4, 0.5) is 4.79 Å². The molecule has 3 aromatic carbocycles. The van der Waals surface area contributed by atoms with E-state index in [1.54, 1.807) is 6.07 Å². The number of hydrogen-bond donors (Lipinski definition) is 1. The number of hydrogen-bond acceptors (Lipinski definition) is 3. The number of ether oxygens (including phenoxy) is 1. The van der Waals surface area contributed by atoms with E-state index in [1.807, 2.05) is 66.7 Å². The molecular formula is C23H21NO4. The van der Waals surface area contributed by atoms with Gasteiger partial charge in [-0.1, -0.05) is 66.7 Å². The van der Waals surface area contributed by atoms with Gasteiger partial charge < -0.3 is 9.84 Å². The summed E-state index contributed by atoms with van der Waals surface area (Å²) in [6.45, 7) is 0.118.